The number of benzene rings is 2. The first kappa shape index (κ1) is 24.9. The van der Waals surface area contributed by atoms with Crippen molar-refractivity contribution in [2.24, 2.45) is 0 Å². The van der Waals surface area contributed by atoms with Crippen LogP contribution >= 0.6 is 11.6 Å². The molecule has 0 aliphatic heterocycles. The lowest BCUT2D eigenvalue weighted by molar-refractivity contribution is 0.0843. The van der Waals surface area contributed by atoms with Gasteiger partial charge in [0, 0.05) is 16.1 Å². The number of hydrogen-bond acceptors (Lipinski definition) is 7. The first-order valence-corrected chi connectivity index (χ1v) is 11.2. The van der Waals surface area contributed by atoms with Crippen LogP contribution in [0.15, 0.2) is 40.8 Å². The Morgan fingerprint density at radius 1 is 0.912 bits per heavy atom. The molecule has 0 spiro atoms. The maximum Gasteiger partial charge on any atom is 0.291 e. The van der Waals surface area contributed by atoms with Crippen molar-refractivity contribution in [3.8, 4) is 28.7 Å². The molecule has 1 aromatic heterocycles. The second kappa shape index (κ2) is 11.4. The van der Waals surface area contributed by atoms with E-state index in [4.69, 9.17) is 30.2 Å². The lowest BCUT2D eigenvalue weighted by atomic mass is 10.1. The molecule has 2 amide bonds. The van der Waals surface area contributed by atoms with E-state index >= 15 is 0 Å². The quantitative estimate of drug-likeness (QED) is 0.425. The van der Waals surface area contributed by atoms with Gasteiger partial charge in [-0.05, 0) is 64.1 Å². The summed E-state index contributed by atoms with van der Waals surface area (Å²) in [4.78, 5) is 29.7. The highest BCUT2D eigenvalue weighted by Crippen LogP contribution is 2.39. The van der Waals surface area contributed by atoms with Gasteiger partial charge in [0.25, 0.3) is 11.8 Å². The average molecular weight is 488 g/mol. The van der Waals surface area contributed by atoms with Crippen molar-refractivity contribution in [2.75, 3.05) is 19.8 Å². The molecule has 0 saturated carbocycles. The Labute approximate surface area is 202 Å². The van der Waals surface area contributed by atoms with Crippen LogP contribution in [0.1, 0.15) is 47.4 Å². The largest absolute Gasteiger partial charge is 0.490 e. The number of aryl methyl sites for hydroxylation is 1. The highest BCUT2D eigenvalue weighted by Gasteiger charge is 2.21. The van der Waals surface area contributed by atoms with Gasteiger partial charge in [-0.15, -0.1) is 0 Å². The summed E-state index contributed by atoms with van der Waals surface area (Å²) in [6, 6.07) is 9.90. The molecule has 2 N–H and O–H groups in total. The summed E-state index contributed by atoms with van der Waals surface area (Å²) in [5, 5.41) is 0.571. The first-order chi connectivity index (χ1) is 16.4. The molecule has 0 unspecified atom stereocenters. The predicted molar refractivity (Wildman–Crippen MR) is 127 cm³/mol. The molecule has 0 atom stereocenters. The minimum absolute atomic E-state index is 0.0435. The number of carbonyl (C=O) groups excluding carboxylic acids is 2. The van der Waals surface area contributed by atoms with Crippen LogP contribution in [0.3, 0.4) is 0 Å². The van der Waals surface area contributed by atoms with Gasteiger partial charge in [-0.25, -0.2) is 4.98 Å². The minimum Gasteiger partial charge on any atom is -0.490 e. The van der Waals surface area contributed by atoms with E-state index in [1.807, 2.05) is 20.8 Å². The zero-order valence-electron chi connectivity index (χ0n) is 19.4. The van der Waals surface area contributed by atoms with Gasteiger partial charge in [-0.3, -0.25) is 20.4 Å². The lowest BCUT2D eigenvalue weighted by Gasteiger charge is -2.17. The Bertz CT molecular complexity index is 1130. The normalized spacial score (nSPS) is 10.5. The van der Waals surface area contributed by atoms with E-state index in [2.05, 4.69) is 15.8 Å². The van der Waals surface area contributed by atoms with Gasteiger partial charge in [-0.1, -0.05) is 11.6 Å². The fourth-order valence-corrected chi connectivity index (χ4v) is 3.21. The van der Waals surface area contributed by atoms with Crippen molar-refractivity contribution in [1.29, 1.82) is 0 Å². The number of ether oxygens (including phenoxy) is 3. The summed E-state index contributed by atoms with van der Waals surface area (Å²) in [7, 11) is 0. The molecule has 0 fully saturated rings. The maximum absolute atomic E-state index is 12.8. The Hall–Kier alpha value is -3.72. The number of nitrogens with one attached hydrogen (secondary N) is 2. The molecule has 180 valence electrons. The molecular weight excluding hydrogens is 462 g/mol. The van der Waals surface area contributed by atoms with E-state index < -0.39 is 11.8 Å². The minimum atomic E-state index is -0.629. The molecule has 0 radical (unpaired) electrons. The highest BCUT2D eigenvalue weighted by atomic mass is 35.5. The number of hydrogen-bond donors (Lipinski definition) is 2. The van der Waals surface area contributed by atoms with Crippen molar-refractivity contribution < 1.29 is 28.2 Å². The van der Waals surface area contributed by atoms with Crippen molar-refractivity contribution in [1.82, 2.24) is 15.8 Å². The third-order valence-electron chi connectivity index (χ3n) is 4.56. The van der Waals surface area contributed by atoms with Gasteiger partial charge in [0.1, 0.15) is 5.76 Å². The summed E-state index contributed by atoms with van der Waals surface area (Å²) < 4.78 is 22.5. The molecule has 0 aliphatic carbocycles. The Balaban J connectivity index is 1.76. The molecule has 0 bridgehead atoms. The molecule has 3 aromatic rings. The van der Waals surface area contributed by atoms with Crippen LogP contribution < -0.4 is 25.1 Å². The fourth-order valence-electron chi connectivity index (χ4n) is 3.09. The van der Waals surface area contributed by atoms with E-state index in [0.717, 1.165) is 0 Å². The van der Waals surface area contributed by atoms with Crippen molar-refractivity contribution in [3.05, 3.63) is 58.4 Å². The number of amides is 2. The second-order valence-corrected chi connectivity index (χ2v) is 7.38. The third-order valence-corrected chi connectivity index (χ3v) is 4.82. The summed E-state index contributed by atoms with van der Waals surface area (Å²) in [5.41, 5.74) is 5.67. The molecule has 1 heterocycles. The van der Waals surface area contributed by atoms with Crippen LogP contribution in [0.4, 0.5) is 0 Å². The smallest absolute Gasteiger partial charge is 0.291 e. The monoisotopic (exact) mass is 487 g/mol. The third kappa shape index (κ3) is 5.79. The van der Waals surface area contributed by atoms with Crippen LogP contribution in [0.25, 0.3) is 11.5 Å². The van der Waals surface area contributed by atoms with Crippen LogP contribution in [-0.4, -0.2) is 36.6 Å². The van der Waals surface area contributed by atoms with Crippen LogP contribution in [0, 0.1) is 6.92 Å². The molecule has 0 aliphatic rings. The SMILES string of the molecule is CCOc1cc(C(=O)NNC(=O)c2nc(-c3ccc(Cl)cc3)oc2C)cc(OCC)c1OCC. The number of carbonyl (C=O) groups is 2. The Kier molecular flexibility index (Phi) is 8.37. The van der Waals surface area contributed by atoms with Gasteiger partial charge < -0.3 is 18.6 Å². The van der Waals surface area contributed by atoms with Crippen LogP contribution in [-0.2, 0) is 0 Å². The van der Waals surface area contributed by atoms with Gasteiger partial charge in [-0.2, -0.15) is 0 Å². The van der Waals surface area contributed by atoms with Crippen molar-refractivity contribution in [2.45, 2.75) is 27.7 Å². The zero-order chi connectivity index (χ0) is 24.7. The summed E-state index contributed by atoms with van der Waals surface area (Å²) in [6.45, 7) is 8.23. The molecule has 2 aromatic carbocycles. The number of oxazole rings is 1. The highest BCUT2D eigenvalue weighted by molar-refractivity contribution is 6.30. The zero-order valence-corrected chi connectivity index (χ0v) is 20.1. The summed E-state index contributed by atoms with van der Waals surface area (Å²) in [5.74, 6) is 0.515. The van der Waals surface area contributed by atoms with E-state index in [1.165, 1.54) is 12.1 Å². The molecule has 10 heteroatoms. The number of nitrogens with zero attached hydrogens (tertiary/aromatic N) is 1. The standard InChI is InChI=1S/C24H26ClN3O6/c1-5-31-18-12-16(13-19(32-6-2)21(18)33-7-3)22(29)27-28-23(30)20-14(4)34-24(26-20)15-8-10-17(25)11-9-15/h8-13H,5-7H2,1-4H3,(H,27,29)(H,28,30). The Morgan fingerprint density at radius 3 is 2.03 bits per heavy atom. The fraction of sp³-hybridized carbons (Fsp3) is 0.292. The van der Waals surface area contributed by atoms with Gasteiger partial charge >= 0.3 is 0 Å². The molecule has 9 nitrogen and oxygen atoms in total. The first-order valence-electron chi connectivity index (χ1n) is 10.8. The van der Waals surface area contributed by atoms with E-state index in [9.17, 15) is 9.59 Å². The van der Waals surface area contributed by atoms with E-state index in [-0.39, 0.29) is 17.1 Å². The predicted octanol–water partition coefficient (Wildman–Crippen LogP) is 4.57. The number of aromatic nitrogens is 1. The van der Waals surface area contributed by atoms with E-state index in [0.29, 0.717) is 53.4 Å². The van der Waals surface area contributed by atoms with E-state index in [1.54, 1.807) is 31.2 Å². The molecule has 0 saturated heterocycles. The summed E-state index contributed by atoms with van der Waals surface area (Å²) in [6.07, 6.45) is 0. The maximum atomic E-state index is 12.8. The number of rotatable bonds is 9. The molecular formula is C24H26ClN3O6. The van der Waals surface area contributed by atoms with Gasteiger partial charge in [0.2, 0.25) is 11.6 Å². The van der Waals surface area contributed by atoms with Crippen LogP contribution in [0.5, 0.6) is 17.2 Å². The van der Waals surface area contributed by atoms with Gasteiger partial charge in [0.05, 0.1) is 19.8 Å². The van der Waals surface area contributed by atoms with Gasteiger partial charge in [0.15, 0.2) is 17.2 Å². The number of halogens is 1. The van der Waals surface area contributed by atoms with Crippen LogP contribution in [0.2, 0.25) is 5.02 Å². The lowest BCUT2D eigenvalue weighted by Crippen LogP contribution is -2.42. The average Bonchev–Trinajstić information content (AvgIpc) is 3.21. The molecule has 34 heavy (non-hydrogen) atoms. The number of hydrazine groups is 1. The summed E-state index contributed by atoms with van der Waals surface area (Å²) >= 11 is 5.91. The topological polar surface area (TPSA) is 112 Å². The van der Waals surface area contributed by atoms with Crippen molar-refractivity contribution >= 4 is 23.4 Å². The van der Waals surface area contributed by atoms with Crippen molar-refractivity contribution in [3.63, 3.8) is 0 Å². The Morgan fingerprint density at radius 2 is 1.47 bits per heavy atom. The molecule has 3 rings (SSSR count). The second-order valence-electron chi connectivity index (χ2n) is 6.94.